The van der Waals surface area contributed by atoms with Gasteiger partial charge in [0.05, 0.1) is 5.69 Å². The number of carbonyl (C=O) groups is 1. The summed E-state index contributed by atoms with van der Waals surface area (Å²) in [7, 11) is 0. The first-order chi connectivity index (χ1) is 9.08. The van der Waals surface area contributed by atoms with Gasteiger partial charge >= 0.3 is 5.97 Å². The van der Waals surface area contributed by atoms with Gasteiger partial charge in [-0.1, -0.05) is 0 Å². The number of aromatic carboxylic acids is 1. The zero-order chi connectivity index (χ0) is 13.6. The normalized spacial score (nSPS) is 14.6. The predicted octanol–water partition coefficient (Wildman–Crippen LogP) is 1.52. The lowest BCUT2D eigenvalue weighted by Crippen LogP contribution is -2.09. The number of rotatable bonds is 3. The van der Waals surface area contributed by atoms with Crippen molar-refractivity contribution < 1.29 is 18.7 Å². The second kappa shape index (κ2) is 4.08. The Bertz CT molecular complexity index is 643. The lowest BCUT2D eigenvalue weighted by molar-refractivity contribution is 0.0686. The summed E-state index contributed by atoms with van der Waals surface area (Å²) in [6, 6.07) is 1.82. The average molecular weight is 266 g/mol. The summed E-state index contributed by atoms with van der Waals surface area (Å²) >= 11 is 0. The molecule has 1 aliphatic rings. The highest BCUT2D eigenvalue weighted by Gasteiger charge is 2.30. The molecule has 1 fully saturated rings. The standard InChI is InChI=1S/C11H8F2N4O2/c12-7-3-6(4-8(13)9(7)11(18)19)17-10(5-1-2-5)14-15-16-17/h3-5H,1-2H2,(H,18,19). The second-order valence-corrected chi connectivity index (χ2v) is 4.31. The van der Waals surface area contributed by atoms with Gasteiger partial charge in [-0.3, -0.25) is 0 Å². The molecule has 1 N–H and O–H groups in total. The molecule has 0 bridgehead atoms. The van der Waals surface area contributed by atoms with E-state index in [9.17, 15) is 13.6 Å². The Labute approximate surface area is 105 Å². The molecule has 0 spiro atoms. The van der Waals surface area contributed by atoms with Crippen LogP contribution in [-0.4, -0.2) is 31.3 Å². The molecule has 1 aromatic heterocycles. The number of nitrogens with zero attached hydrogens (tertiary/aromatic N) is 4. The van der Waals surface area contributed by atoms with Crippen LogP contribution >= 0.6 is 0 Å². The quantitative estimate of drug-likeness (QED) is 0.910. The highest BCUT2D eigenvalue weighted by molar-refractivity contribution is 5.88. The highest BCUT2D eigenvalue weighted by atomic mass is 19.1. The number of tetrazole rings is 1. The van der Waals surface area contributed by atoms with Gasteiger partial charge in [-0.05, 0) is 23.3 Å². The van der Waals surface area contributed by atoms with Crippen molar-refractivity contribution in [2.24, 2.45) is 0 Å². The van der Waals surface area contributed by atoms with E-state index in [0.29, 0.717) is 5.82 Å². The maximum atomic E-state index is 13.6. The molecular weight excluding hydrogens is 258 g/mol. The fourth-order valence-corrected chi connectivity index (χ4v) is 1.86. The van der Waals surface area contributed by atoms with Gasteiger partial charge < -0.3 is 5.11 Å². The van der Waals surface area contributed by atoms with Crippen LogP contribution in [0.5, 0.6) is 0 Å². The van der Waals surface area contributed by atoms with E-state index in [1.165, 1.54) is 4.68 Å². The average Bonchev–Trinajstić information content (AvgIpc) is 3.05. The van der Waals surface area contributed by atoms with Crippen LogP contribution in [0.4, 0.5) is 8.78 Å². The predicted molar refractivity (Wildman–Crippen MR) is 58.0 cm³/mol. The molecule has 0 amide bonds. The highest BCUT2D eigenvalue weighted by Crippen LogP contribution is 2.39. The summed E-state index contributed by atoms with van der Waals surface area (Å²) < 4.78 is 28.4. The molecule has 1 heterocycles. The van der Waals surface area contributed by atoms with Crippen molar-refractivity contribution in [3.63, 3.8) is 0 Å². The van der Waals surface area contributed by atoms with Crippen LogP contribution in [0.1, 0.15) is 34.9 Å². The van der Waals surface area contributed by atoms with E-state index in [1.54, 1.807) is 0 Å². The summed E-state index contributed by atoms with van der Waals surface area (Å²) in [5.74, 6) is -3.23. The molecule has 98 valence electrons. The molecule has 0 aliphatic heterocycles. The number of hydrogen-bond donors (Lipinski definition) is 1. The number of hydrogen-bond acceptors (Lipinski definition) is 4. The van der Waals surface area contributed by atoms with E-state index in [0.717, 1.165) is 25.0 Å². The van der Waals surface area contributed by atoms with E-state index in [4.69, 9.17) is 5.11 Å². The molecule has 0 saturated heterocycles. The third kappa shape index (κ3) is 1.94. The van der Waals surface area contributed by atoms with Crippen molar-refractivity contribution in [2.75, 3.05) is 0 Å². The van der Waals surface area contributed by atoms with Crippen LogP contribution in [-0.2, 0) is 0 Å². The van der Waals surface area contributed by atoms with Crippen LogP contribution in [0, 0.1) is 11.6 Å². The molecule has 6 nitrogen and oxygen atoms in total. The fraction of sp³-hybridized carbons (Fsp3) is 0.273. The molecule has 19 heavy (non-hydrogen) atoms. The van der Waals surface area contributed by atoms with Crippen molar-refractivity contribution in [3.05, 3.63) is 35.2 Å². The number of carboxylic acid groups (broad SMARTS) is 1. The Morgan fingerprint density at radius 3 is 2.47 bits per heavy atom. The molecule has 2 aromatic rings. The first-order valence-corrected chi connectivity index (χ1v) is 5.59. The van der Waals surface area contributed by atoms with E-state index in [1.807, 2.05) is 0 Å². The Hall–Kier alpha value is -2.38. The molecular formula is C11H8F2N4O2. The van der Waals surface area contributed by atoms with E-state index in [-0.39, 0.29) is 11.6 Å². The SMILES string of the molecule is O=C(O)c1c(F)cc(-n2nnnc2C2CC2)cc1F. The molecule has 0 unspecified atom stereocenters. The zero-order valence-electron chi connectivity index (χ0n) is 9.55. The minimum atomic E-state index is -1.65. The minimum absolute atomic E-state index is 0.0758. The van der Waals surface area contributed by atoms with E-state index in [2.05, 4.69) is 15.5 Å². The van der Waals surface area contributed by atoms with Crippen LogP contribution in [0.15, 0.2) is 12.1 Å². The van der Waals surface area contributed by atoms with Gasteiger partial charge in [0.15, 0.2) is 5.82 Å². The zero-order valence-corrected chi connectivity index (χ0v) is 9.55. The van der Waals surface area contributed by atoms with Crippen molar-refractivity contribution in [3.8, 4) is 5.69 Å². The number of aromatic nitrogens is 4. The van der Waals surface area contributed by atoms with Gasteiger partial charge in [0.25, 0.3) is 0 Å². The maximum absolute atomic E-state index is 13.6. The summed E-state index contributed by atoms with van der Waals surface area (Å²) in [6.45, 7) is 0. The van der Waals surface area contributed by atoms with Crippen molar-refractivity contribution in [1.29, 1.82) is 0 Å². The van der Waals surface area contributed by atoms with Crippen molar-refractivity contribution in [1.82, 2.24) is 20.2 Å². The van der Waals surface area contributed by atoms with E-state index >= 15 is 0 Å². The maximum Gasteiger partial charge on any atom is 0.341 e. The van der Waals surface area contributed by atoms with Gasteiger partial charge in [-0.25, -0.2) is 13.6 Å². The van der Waals surface area contributed by atoms with Crippen LogP contribution in [0.3, 0.4) is 0 Å². The van der Waals surface area contributed by atoms with Gasteiger partial charge in [-0.15, -0.1) is 5.10 Å². The number of benzene rings is 1. The lowest BCUT2D eigenvalue weighted by Gasteiger charge is -2.06. The molecule has 0 radical (unpaired) electrons. The summed E-state index contributed by atoms with van der Waals surface area (Å²) in [5, 5.41) is 19.7. The van der Waals surface area contributed by atoms with Crippen LogP contribution in [0.25, 0.3) is 5.69 Å². The monoisotopic (exact) mass is 266 g/mol. The van der Waals surface area contributed by atoms with Gasteiger partial charge in [0, 0.05) is 18.1 Å². The van der Waals surface area contributed by atoms with Gasteiger partial charge in [0.1, 0.15) is 17.2 Å². The second-order valence-electron chi connectivity index (χ2n) is 4.31. The third-order valence-corrected chi connectivity index (χ3v) is 2.92. The summed E-state index contributed by atoms with van der Waals surface area (Å²) in [6.07, 6.45) is 1.86. The smallest absolute Gasteiger partial charge is 0.341 e. The van der Waals surface area contributed by atoms with Gasteiger partial charge in [-0.2, -0.15) is 4.68 Å². The minimum Gasteiger partial charge on any atom is -0.477 e. The molecule has 3 rings (SSSR count). The van der Waals surface area contributed by atoms with Crippen LogP contribution in [0.2, 0.25) is 0 Å². The van der Waals surface area contributed by atoms with Crippen molar-refractivity contribution in [2.45, 2.75) is 18.8 Å². The number of carboxylic acids is 1. The van der Waals surface area contributed by atoms with Crippen LogP contribution < -0.4 is 0 Å². The molecule has 0 atom stereocenters. The lowest BCUT2D eigenvalue weighted by atomic mass is 10.1. The Morgan fingerprint density at radius 1 is 1.32 bits per heavy atom. The summed E-state index contributed by atoms with van der Waals surface area (Å²) in [4.78, 5) is 10.7. The Morgan fingerprint density at radius 2 is 1.95 bits per heavy atom. The first-order valence-electron chi connectivity index (χ1n) is 5.59. The molecule has 1 aromatic carbocycles. The fourth-order valence-electron chi connectivity index (χ4n) is 1.86. The van der Waals surface area contributed by atoms with Gasteiger partial charge in [0.2, 0.25) is 0 Å². The topological polar surface area (TPSA) is 80.9 Å². The third-order valence-electron chi connectivity index (χ3n) is 2.92. The molecule has 8 heteroatoms. The summed E-state index contributed by atoms with van der Waals surface area (Å²) in [5.41, 5.74) is -0.906. The van der Waals surface area contributed by atoms with E-state index < -0.39 is 23.2 Å². The Kier molecular flexibility index (Phi) is 2.51. The van der Waals surface area contributed by atoms with Crippen molar-refractivity contribution >= 4 is 5.97 Å². The number of halogens is 2. The first kappa shape index (κ1) is 11.7. The molecule has 1 saturated carbocycles. The Balaban J connectivity index is 2.11. The largest absolute Gasteiger partial charge is 0.477 e. The molecule has 1 aliphatic carbocycles.